The summed E-state index contributed by atoms with van der Waals surface area (Å²) in [7, 11) is -1.10. The van der Waals surface area contributed by atoms with Gasteiger partial charge in [-0.05, 0) is 62.1 Å². The molecule has 0 aromatic carbocycles. The van der Waals surface area contributed by atoms with E-state index < -0.39 is 8.07 Å². The average Bonchev–Trinajstić information content (AvgIpc) is 3.40. The minimum absolute atomic E-state index is 0.121. The Hall–Kier alpha value is -1.99. The number of aryl methyl sites for hydroxylation is 1. The topological polar surface area (TPSA) is 69.0 Å². The summed E-state index contributed by atoms with van der Waals surface area (Å²) in [4.78, 5) is 17.5. The van der Waals surface area contributed by atoms with E-state index in [9.17, 15) is 4.79 Å². The van der Waals surface area contributed by atoms with E-state index in [4.69, 9.17) is 4.74 Å². The molecular weight excluding hydrogens is 440 g/mol. The second kappa shape index (κ2) is 9.94. The van der Waals surface area contributed by atoms with Crippen LogP contribution in [0.5, 0.6) is 0 Å². The maximum atomic E-state index is 12.8. The van der Waals surface area contributed by atoms with Crippen LogP contribution in [0, 0.1) is 31.1 Å². The number of hydrogen-bond donors (Lipinski definition) is 1. The van der Waals surface area contributed by atoms with E-state index in [1.807, 2.05) is 23.7 Å². The number of amides is 1. The van der Waals surface area contributed by atoms with Crippen LogP contribution in [0.15, 0.2) is 18.3 Å². The number of hydrogen-bond acceptors (Lipinski definition) is 4. The van der Waals surface area contributed by atoms with Gasteiger partial charge >= 0.3 is 0 Å². The van der Waals surface area contributed by atoms with E-state index >= 15 is 0 Å². The van der Waals surface area contributed by atoms with Crippen molar-refractivity contribution in [1.29, 1.82) is 0 Å². The van der Waals surface area contributed by atoms with Crippen molar-refractivity contribution < 1.29 is 9.53 Å². The summed E-state index contributed by atoms with van der Waals surface area (Å²) in [5.41, 5.74) is 5.06. The van der Waals surface area contributed by atoms with Crippen molar-refractivity contribution in [3.05, 3.63) is 29.7 Å². The highest BCUT2D eigenvalue weighted by atomic mass is 28.3. The van der Waals surface area contributed by atoms with Crippen LogP contribution in [0.1, 0.15) is 56.8 Å². The molecule has 4 rings (SSSR count). The molecule has 2 aliphatic carbocycles. The van der Waals surface area contributed by atoms with E-state index in [2.05, 4.69) is 48.9 Å². The fourth-order valence-corrected chi connectivity index (χ4v) is 5.90. The van der Waals surface area contributed by atoms with Crippen LogP contribution in [-0.4, -0.2) is 35.4 Å². The van der Waals surface area contributed by atoms with E-state index in [0.717, 1.165) is 46.9 Å². The van der Waals surface area contributed by atoms with Crippen molar-refractivity contribution >= 4 is 19.7 Å². The second-order valence-corrected chi connectivity index (χ2v) is 17.7. The first kappa shape index (κ1) is 25.1. The van der Waals surface area contributed by atoms with Crippen molar-refractivity contribution in [3.8, 4) is 11.3 Å². The zero-order valence-electron chi connectivity index (χ0n) is 21.9. The van der Waals surface area contributed by atoms with Crippen LogP contribution in [-0.2, 0) is 16.3 Å². The van der Waals surface area contributed by atoms with Crippen LogP contribution in [0.25, 0.3) is 11.3 Å². The van der Waals surface area contributed by atoms with Gasteiger partial charge in [0.15, 0.2) is 0 Å². The quantitative estimate of drug-likeness (QED) is 0.296. The lowest BCUT2D eigenvalue weighted by molar-refractivity contribution is -0.118. The smallest absolute Gasteiger partial charge is 0.224 e. The molecule has 0 bridgehead atoms. The third kappa shape index (κ3) is 5.97. The van der Waals surface area contributed by atoms with E-state index in [1.54, 1.807) is 6.20 Å². The summed E-state index contributed by atoms with van der Waals surface area (Å²) in [5, 5.41) is 7.77. The Morgan fingerprint density at radius 1 is 1.26 bits per heavy atom. The summed E-state index contributed by atoms with van der Waals surface area (Å²) in [6.45, 7) is 14.7. The van der Waals surface area contributed by atoms with Crippen molar-refractivity contribution in [2.24, 2.45) is 17.3 Å². The number of nitrogens with zero attached hydrogens (tertiary/aromatic N) is 3. The normalized spacial score (nSPS) is 18.4. The molecule has 7 heteroatoms. The molecule has 1 unspecified atom stereocenters. The molecule has 6 nitrogen and oxygen atoms in total. The molecule has 2 saturated carbocycles. The summed E-state index contributed by atoms with van der Waals surface area (Å²) in [6.07, 6.45) is 8.85. The number of aromatic nitrogens is 3. The predicted molar refractivity (Wildman–Crippen MR) is 140 cm³/mol. The summed E-state index contributed by atoms with van der Waals surface area (Å²) in [5.74, 6) is 1.38. The molecule has 2 aliphatic rings. The molecule has 0 saturated heterocycles. The van der Waals surface area contributed by atoms with E-state index in [0.29, 0.717) is 24.5 Å². The minimum Gasteiger partial charge on any atom is -0.360 e. The molecule has 1 atom stereocenters. The number of pyridine rings is 1. The summed E-state index contributed by atoms with van der Waals surface area (Å²) < 4.78 is 7.82. The molecule has 186 valence electrons. The van der Waals surface area contributed by atoms with Crippen LogP contribution in [0.2, 0.25) is 25.7 Å². The molecule has 2 aromatic heterocycles. The van der Waals surface area contributed by atoms with Crippen molar-refractivity contribution in [2.45, 2.75) is 91.7 Å². The number of ether oxygens (including phenoxy) is 1. The maximum absolute atomic E-state index is 12.8. The SMILES string of the molecule is Cc1nn(COCC[Si](C)(C)C)c(C)c1-c1ccc(NC(=O)CC(C2CCC2)C2(C)CC2)cn1. The first-order chi connectivity index (χ1) is 16.1. The van der Waals surface area contributed by atoms with Crippen LogP contribution in [0.4, 0.5) is 5.69 Å². The maximum Gasteiger partial charge on any atom is 0.224 e. The lowest BCUT2D eigenvalue weighted by Gasteiger charge is -2.37. The van der Waals surface area contributed by atoms with Gasteiger partial charge in [-0.3, -0.25) is 9.78 Å². The molecule has 2 fully saturated rings. The highest BCUT2D eigenvalue weighted by Gasteiger charge is 2.49. The number of anilines is 1. The highest BCUT2D eigenvalue weighted by Crippen LogP contribution is 2.58. The van der Waals surface area contributed by atoms with E-state index in [-0.39, 0.29) is 5.91 Å². The molecular formula is C27H42N4O2Si. The number of carbonyl (C=O) groups excluding carboxylic acids is 1. The third-order valence-electron chi connectivity index (χ3n) is 7.95. The molecule has 0 spiro atoms. The number of rotatable bonds is 11. The Kier molecular flexibility index (Phi) is 7.34. The third-order valence-corrected chi connectivity index (χ3v) is 9.66. The fourth-order valence-electron chi connectivity index (χ4n) is 5.14. The first-order valence-corrected chi connectivity index (χ1v) is 16.6. The molecule has 0 aliphatic heterocycles. The van der Waals surface area contributed by atoms with Gasteiger partial charge in [0.05, 0.1) is 23.3 Å². The monoisotopic (exact) mass is 482 g/mol. The molecule has 34 heavy (non-hydrogen) atoms. The highest BCUT2D eigenvalue weighted by molar-refractivity contribution is 6.76. The van der Waals surface area contributed by atoms with Gasteiger partial charge in [-0.15, -0.1) is 0 Å². The predicted octanol–water partition coefficient (Wildman–Crippen LogP) is 6.42. The fraction of sp³-hybridized carbons (Fsp3) is 0.667. The van der Waals surface area contributed by atoms with E-state index in [1.165, 1.54) is 32.1 Å². The lowest BCUT2D eigenvalue weighted by atomic mass is 9.68. The largest absolute Gasteiger partial charge is 0.360 e. The summed E-state index contributed by atoms with van der Waals surface area (Å²) >= 11 is 0. The van der Waals surface area contributed by atoms with Gasteiger partial charge in [-0.2, -0.15) is 5.10 Å². The Morgan fingerprint density at radius 3 is 2.56 bits per heavy atom. The Bertz CT molecular complexity index is 1000. The van der Waals surface area contributed by atoms with Crippen molar-refractivity contribution in [3.63, 3.8) is 0 Å². The Morgan fingerprint density at radius 2 is 2.00 bits per heavy atom. The molecule has 1 amide bonds. The van der Waals surface area contributed by atoms with Gasteiger partial charge in [-0.25, -0.2) is 4.68 Å². The van der Waals surface area contributed by atoms with Gasteiger partial charge < -0.3 is 10.1 Å². The Balaban J connectivity index is 1.36. The molecule has 1 N–H and O–H groups in total. The first-order valence-electron chi connectivity index (χ1n) is 12.9. The van der Waals surface area contributed by atoms with Crippen molar-refractivity contribution in [2.75, 3.05) is 11.9 Å². The molecule has 2 heterocycles. The average molecular weight is 483 g/mol. The number of carbonyl (C=O) groups is 1. The minimum atomic E-state index is -1.10. The number of nitrogens with one attached hydrogen (secondary N) is 1. The molecule has 0 radical (unpaired) electrons. The standard InChI is InChI=1S/C27H42N4O2Si/c1-19-26(20(2)31(30-19)18-33-14-15-34(4,5)6)24-11-10-22(17-28-24)29-25(32)16-23(21-8-7-9-21)27(3)12-13-27/h10-11,17,21,23H,7-9,12-16,18H2,1-6H3,(H,29,32). The van der Waals surface area contributed by atoms with Gasteiger partial charge in [-0.1, -0.05) is 45.8 Å². The van der Waals surface area contributed by atoms with Crippen LogP contribution >= 0.6 is 0 Å². The lowest BCUT2D eigenvalue weighted by Crippen LogP contribution is -2.32. The molecule has 2 aromatic rings. The second-order valence-electron chi connectivity index (χ2n) is 12.0. The van der Waals surface area contributed by atoms with Gasteiger partial charge in [0.25, 0.3) is 0 Å². The van der Waals surface area contributed by atoms with Crippen LogP contribution < -0.4 is 5.32 Å². The Labute approximate surface area is 205 Å². The van der Waals surface area contributed by atoms with Gasteiger partial charge in [0.2, 0.25) is 5.91 Å². The van der Waals surface area contributed by atoms with Crippen molar-refractivity contribution in [1.82, 2.24) is 14.8 Å². The zero-order chi connectivity index (χ0) is 24.5. The zero-order valence-corrected chi connectivity index (χ0v) is 22.9. The van der Waals surface area contributed by atoms with Crippen LogP contribution in [0.3, 0.4) is 0 Å². The summed E-state index contributed by atoms with van der Waals surface area (Å²) in [6, 6.07) is 5.08. The van der Waals surface area contributed by atoms with Gasteiger partial charge in [0.1, 0.15) is 6.73 Å². The van der Waals surface area contributed by atoms with Gasteiger partial charge in [0, 0.05) is 32.4 Å².